The highest BCUT2D eigenvalue weighted by Gasteiger charge is 2.37. The maximum Gasteiger partial charge on any atom is 0.449 e. The van der Waals surface area contributed by atoms with Crippen molar-refractivity contribution in [2.45, 2.75) is 26.6 Å². The zero-order chi connectivity index (χ0) is 23.3. The Kier molecular flexibility index (Phi) is 7.01. The molecule has 1 aromatic heterocycles. The summed E-state index contributed by atoms with van der Waals surface area (Å²) in [5.41, 5.74) is 3.23. The molecule has 0 aliphatic carbocycles. The second-order valence-electron chi connectivity index (χ2n) is 7.42. The van der Waals surface area contributed by atoms with Crippen LogP contribution in [0.25, 0.3) is 11.0 Å². The number of aromatic nitrogens is 2. The van der Waals surface area contributed by atoms with Crippen LogP contribution < -0.4 is 14.9 Å². The average Bonchev–Trinajstić information content (AvgIpc) is 3.11. The first-order chi connectivity index (χ1) is 15.2. The van der Waals surface area contributed by atoms with Gasteiger partial charge in [-0.3, -0.25) is 4.79 Å². The van der Waals surface area contributed by atoms with Crippen LogP contribution in [0.4, 0.5) is 13.2 Å². The third-order valence-electron chi connectivity index (χ3n) is 4.37. The second-order valence-corrected chi connectivity index (χ2v) is 7.42. The number of alkyl halides is 3. The number of hydrazone groups is 1. The highest BCUT2D eigenvalue weighted by atomic mass is 19.4. The van der Waals surface area contributed by atoms with Gasteiger partial charge in [-0.15, -0.1) is 0 Å². The van der Waals surface area contributed by atoms with E-state index >= 15 is 0 Å². The minimum absolute atomic E-state index is 0.156. The lowest BCUT2D eigenvalue weighted by Gasteiger charge is -2.12. The van der Waals surface area contributed by atoms with Crippen LogP contribution in [0.3, 0.4) is 0 Å². The summed E-state index contributed by atoms with van der Waals surface area (Å²) in [6.45, 7) is 4.00. The molecule has 10 heteroatoms. The number of halogens is 3. The Hall–Kier alpha value is -3.56. The Bertz CT molecular complexity index is 1120. The van der Waals surface area contributed by atoms with E-state index in [1.807, 2.05) is 13.8 Å². The number of nitrogens with one attached hydrogen (secondary N) is 1. The summed E-state index contributed by atoms with van der Waals surface area (Å²) in [6, 6.07) is 11.2. The smallest absolute Gasteiger partial charge is 0.449 e. The van der Waals surface area contributed by atoms with Crippen molar-refractivity contribution in [3.63, 3.8) is 0 Å². The van der Waals surface area contributed by atoms with E-state index < -0.39 is 24.5 Å². The third kappa shape index (κ3) is 5.57. The van der Waals surface area contributed by atoms with E-state index in [1.54, 1.807) is 30.3 Å². The van der Waals surface area contributed by atoms with E-state index in [0.717, 1.165) is 4.57 Å². The van der Waals surface area contributed by atoms with E-state index in [4.69, 9.17) is 9.47 Å². The molecule has 2 aromatic carbocycles. The van der Waals surface area contributed by atoms with Gasteiger partial charge in [0.2, 0.25) is 5.82 Å². The molecule has 1 N–H and O–H groups in total. The molecule has 3 rings (SSSR count). The van der Waals surface area contributed by atoms with Gasteiger partial charge in [0, 0.05) is 0 Å². The van der Waals surface area contributed by atoms with Gasteiger partial charge >= 0.3 is 6.18 Å². The van der Waals surface area contributed by atoms with E-state index in [1.165, 1.54) is 25.5 Å². The number of para-hydroxylation sites is 2. The summed E-state index contributed by atoms with van der Waals surface area (Å²) < 4.78 is 51.9. The van der Waals surface area contributed by atoms with Gasteiger partial charge in [-0.2, -0.15) is 18.3 Å². The molecule has 0 aliphatic heterocycles. The van der Waals surface area contributed by atoms with Gasteiger partial charge in [0.25, 0.3) is 5.91 Å². The number of imidazole rings is 1. The van der Waals surface area contributed by atoms with Crippen LogP contribution in [0.5, 0.6) is 11.5 Å². The average molecular weight is 448 g/mol. The lowest BCUT2D eigenvalue weighted by Crippen LogP contribution is -2.26. The lowest BCUT2D eigenvalue weighted by molar-refractivity contribution is -0.147. The van der Waals surface area contributed by atoms with Gasteiger partial charge < -0.3 is 14.0 Å². The number of nitrogens with zero attached hydrogens (tertiary/aromatic N) is 3. The predicted molar refractivity (Wildman–Crippen MR) is 114 cm³/mol. The van der Waals surface area contributed by atoms with Crippen molar-refractivity contribution in [3.05, 3.63) is 53.9 Å². The molecule has 0 spiro atoms. The number of ether oxygens (including phenoxy) is 2. The fourth-order valence-corrected chi connectivity index (χ4v) is 2.95. The highest BCUT2D eigenvalue weighted by Crippen LogP contribution is 2.31. The second kappa shape index (κ2) is 9.71. The molecule has 32 heavy (non-hydrogen) atoms. The van der Waals surface area contributed by atoms with E-state index in [0.29, 0.717) is 29.6 Å². The number of amides is 1. The molecule has 0 aliphatic rings. The van der Waals surface area contributed by atoms with Crippen LogP contribution >= 0.6 is 0 Å². The summed E-state index contributed by atoms with van der Waals surface area (Å²) in [7, 11) is 1.51. The van der Waals surface area contributed by atoms with E-state index in [2.05, 4.69) is 15.5 Å². The van der Waals surface area contributed by atoms with Gasteiger partial charge in [0.05, 0.1) is 31.0 Å². The Labute approximate surface area is 182 Å². The minimum atomic E-state index is -4.70. The number of methoxy groups -OCH3 is 1. The van der Waals surface area contributed by atoms with Crippen molar-refractivity contribution in [2.24, 2.45) is 11.0 Å². The number of carbonyl (C=O) groups excluding carboxylic acids is 1. The first-order valence-electron chi connectivity index (χ1n) is 9.84. The SMILES string of the molecule is COc1cc(C=NNC(=O)Cn2c(C(F)(F)F)nc3ccccc32)ccc1OCC(C)C. The van der Waals surface area contributed by atoms with Gasteiger partial charge in [-0.25, -0.2) is 10.4 Å². The minimum Gasteiger partial charge on any atom is -0.493 e. The third-order valence-corrected chi connectivity index (χ3v) is 4.37. The fourth-order valence-electron chi connectivity index (χ4n) is 2.95. The molecule has 0 fully saturated rings. The largest absolute Gasteiger partial charge is 0.493 e. The molecule has 1 amide bonds. The molecule has 170 valence electrons. The number of rotatable bonds is 8. The summed E-state index contributed by atoms with van der Waals surface area (Å²) in [5, 5.41) is 3.84. The topological polar surface area (TPSA) is 77.7 Å². The first kappa shape index (κ1) is 23.1. The summed E-state index contributed by atoms with van der Waals surface area (Å²) in [6.07, 6.45) is -3.33. The quantitative estimate of drug-likeness (QED) is 0.413. The van der Waals surface area contributed by atoms with Crippen LogP contribution in [-0.2, 0) is 17.5 Å². The molecule has 7 nitrogen and oxygen atoms in total. The summed E-state index contributed by atoms with van der Waals surface area (Å²) >= 11 is 0. The van der Waals surface area contributed by atoms with Crippen molar-refractivity contribution >= 4 is 23.2 Å². The summed E-state index contributed by atoms with van der Waals surface area (Å²) in [5.74, 6) is -0.436. The van der Waals surface area contributed by atoms with E-state index in [-0.39, 0.29) is 11.0 Å². The van der Waals surface area contributed by atoms with Gasteiger partial charge in [0.15, 0.2) is 11.5 Å². The molecule has 3 aromatic rings. The maximum atomic E-state index is 13.3. The number of hydrogen-bond acceptors (Lipinski definition) is 5. The summed E-state index contributed by atoms with van der Waals surface area (Å²) in [4.78, 5) is 15.9. The molecule has 1 heterocycles. The first-order valence-corrected chi connectivity index (χ1v) is 9.84. The molecule has 0 radical (unpaired) electrons. The van der Waals surface area contributed by atoms with Crippen LogP contribution in [0.15, 0.2) is 47.6 Å². The number of benzene rings is 2. The lowest BCUT2D eigenvalue weighted by atomic mass is 10.2. The van der Waals surface area contributed by atoms with E-state index in [9.17, 15) is 18.0 Å². The molecule has 0 saturated heterocycles. The van der Waals surface area contributed by atoms with Gasteiger partial charge in [-0.05, 0) is 41.8 Å². The van der Waals surface area contributed by atoms with Crippen molar-refractivity contribution in [2.75, 3.05) is 13.7 Å². The normalized spacial score (nSPS) is 12.0. The molecule has 0 atom stereocenters. The zero-order valence-electron chi connectivity index (χ0n) is 17.8. The Morgan fingerprint density at radius 3 is 2.66 bits per heavy atom. The van der Waals surface area contributed by atoms with Crippen LogP contribution in [-0.4, -0.2) is 35.4 Å². The maximum absolute atomic E-state index is 13.3. The van der Waals surface area contributed by atoms with Gasteiger partial charge in [-0.1, -0.05) is 26.0 Å². The monoisotopic (exact) mass is 448 g/mol. The Balaban J connectivity index is 1.70. The van der Waals surface area contributed by atoms with Gasteiger partial charge in [0.1, 0.15) is 6.54 Å². The fraction of sp³-hybridized carbons (Fsp3) is 0.318. The number of hydrogen-bond donors (Lipinski definition) is 1. The standard InChI is InChI=1S/C22H23F3N4O3/c1-14(2)13-32-18-9-8-15(10-19(18)31-3)11-26-28-20(30)12-29-17-7-5-4-6-16(17)27-21(29)22(23,24)25/h4-11,14H,12-13H2,1-3H3,(H,28,30). The van der Waals surface area contributed by atoms with Crippen molar-refractivity contribution in [1.29, 1.82) is 0 Å². The van der Waals surface area contributed by atoms with Crippen LogP contribution in [0, 0.1) is 5.92 Å². The molecular weight excluding hydrogens is 425 g/mol. The van der Waals surface area contributed by atoms with Crippen LogP contribution in [0.1, 0.15) is 25.2 Å². The Morgan fingerprint density at radius 2 is 1.97 bits per heavy atom. The predicted octanol–water partition coefficient (Wildman–Crippen LogP) is 4.25. The molecular formula is C22H23F3N4O3. The highest BCUT2D eigenvalue weighted by molar-refractivity contribution is 5.84. The molecule has 0 saturated carbocycles. The molecule has 0 bridgehead atoms. The van der Waals surface area contributed by atoms with Crippen molar-refractivity contribution in [3.8, 4) is 11.5 Å². The van der Waals surface area contributed by atoms with Crippen molar-refractivity contribution in [1.82, 2.24) is 15.0 Å². The zero-order valence-corrected chi connectivity index (χ0v) is 17.8. The van der Waals surface area contributed by atoms with Crippen LogP contribution in [0.2, 0.25) is 0 Å². The number of carbonyl (C=O) groups is 1. The molecule has 0 unspecified atom stereocenters. The Morgan fingerprint density at radius 1 is 1.22 bits per heavy atom. The van der Waals surface area contributed by atoms with Crippen molar-refractivity contribution < 1.29 is 27.4 Å². The number of fused-ring (bicyclic) bond motifs is 1.